The van der Waals surface area contributed by atoms with Gasteiger partial charge in [0.05, 0.1) is 24.2 Å². The van der Waals surface area contributed by atoms with Crippen LogP contribution in [0, 0.1) is 6.92 Å². The van der Waals surface area contributed by atoms with Crippen molar-refractivity contribution in [1.82, 2.24) is 4.31 Å². The van der Waals surface area contributed by atoms with Gasteiger partial charge in [-0.05, 0) is 60.9 Å². The van der Waals surface area contributed by atoms with Gasteiger partial charge in [0, 0.05) is 11.6 Å². The third kappa shape index (κ3) is 4.64. The lowest BCUT2D eigenvalue weighted by Gasteiger charge is -2.36. The van der Waals surface area contributed by atoms with E-state index in [1.807, 2.05) is 86.6 Å². The maximum absolute atomic E-state index is 14.4. The van der Waals surface area contributed by atoms with Crippen LogP contribution < -0.4 is 18.9 Å². The van der Waals surface area contributed by atoms with E-state index in [1.165, 1.54) is 4.31 Å². The van der Waals surface area contributed by atoms with Gasteiger partial charge in [-0.2, -0.15) is 0 Å². The summed E-state index contributed by atoms with van der Waals surface area (Å²) < 4.78 is 53.6. The van der Waals surface area contributed by atoms with Crippen LogP contribution in [0.15, 0.2) is 101 Å². The third-order valence-corrected chi connectivity index (χ3v) is 8.95. The van der Waals surface area contributed by atoms with Gasteiger partial charge in [0.15, 0.2) is 11.5 Å². The van der Waals surface area contributed by atoms with E-state index >= 15 is 0 Å². The molecule has 0 spiro atoms. The number of sulfonamides is 1. The smallest absolute Gasteiger partial charge is 0.264 e. The van der Waals surface area contributed by atoms with Crippen molar-refractivity contribution in [3.05, 3.63) is 119 Å². The summed E-state index contributed by atoms with van der Waals surface area (Å²) in [5, 5.41) is 0. The molecule has 2 heterocycles. The molecule has 8 heteroatoms. The van der Waals surface area contributed by atoms with Gasteiger partial charge in [-0.15, -0.1) is 0 Å². The van der Waals surface area contributed by atoms with E-state index in [0.717, 1.165) is 28.0 Å². The molecule has 0 unspecified atom stereocenters. The number of hydrogen-bond donors (Lipinski definition) is 0. The number of fused-ring (bicyclic) bond motifs is 2. The first kappa shape index (κ1) is 25.8. The number of benzene rings is 4. The normalized spacial score (nSPS) is 15.8. The van der Waals surface area contributed by atoms with Gasteiger partial charge in [0.1, 0.15) is 17.6 Å². The van der Waals surface area contributed by atoms with E-state index in [-0.39, 0.29) is 18.2 Å². The molecule has 6 rings (SSSR count). The van der Waals surface area contributed by atoms with Gasteiger partial charge in [0.25, 0.3) is 10.0 Å². The molecule has 2 aliphatic heterocycles. The quantitative estimate of drug-likeness (QED) is 0.260. The Kier molecular flexibility index (Phi) is 6.64. The first-order chi connectivity index (χ1) is 19.3. The van der Waals surface area contributed by atoms with Crippen LogP contribution in [0.2, 0.25) is 0 Å². The van der Waals surface area contributed by atoms with Crippen molar-refractivity contribution in [2.75, 3.05) is 13.9 Å². The van der Waals surface area contributed by atoms with Crippen molar-refractivity contribution in [3.63, 3.8) is 0 Å². The molecule has 0 radical (unpaired) electrons. The van der Waals surface area contributed by atoms with Crippen LogP contribution in [0.4, 0.5) is 0 Å². The fourth-order valence-electron chi connectivity index (χ4n) is 5.06. The predicted molar refractivity (Wildman–Crippen MR) is 152 cm³/mol. The van der Waals surface area contributed by atoms with Crippen molar-refractivity contribution in [2.24, 2.45) is 0 Å². The molecule has 204 valence electrons. The number of rotatable bonds is 7. The largest absolute Gasteiger partial charge is 0.497 e. The van der Waals surface area contributed by atoms with Crippen LogP contribution >= 0.6 is 0 Å². The van der Waals surface area contributed by atoms with Crippen LogP contribution in [0.3, 0.4) is 0 Å². The van der Waals surface area contributed by atoms with E-state index in [0.29, 0.717) is 28.5 Å². The van der Waals surface area contributed by atoms with E-state index in [2.05, 4.69) is 0 Å². The Morgan fingerprint density at radius 2 is 1.52 bits per heavy atom. The molecule has 0 saturated heterocycles. The summed E-state index contributed by atoms with van der Waals surface area (Å²) in [6.45, 7) is 4.07. The summed E-state index contributed by atoms with van der Waals surface area (Å²) in [5.74, 6) is 2.34. The van der Waals surface area contributed by atoms with Crippen molar-refractivity contribution in [1.29, 1.82) is 0 Å². The van der Waals surface area contributed by atoms with Crippen molar-refractivity contribution in [3.8, 4) is 23.0 Å². The lowest BCUT2D eigenvalue weighted by Crippen LogP contribution is -2.33. The molecule has 0 N–H and O–H groups in total. The molecule has 4 aromatic carbocycles. The number of aryl methyl sites for hydroxylation is 1. The van der Waals surface area contributed by atoms with Gasteiger partial charge in [0.2, 0.25) is 6.79 Å². The minimum absolute atomic E-state index is 0.0908. The maximum atomic E-state index is 14.4. The second-order valence-electron chi connectivity index (χ2n) is 9.81. The molecule has 0 fully saturated rings. The molecule has 0 saturated carbocycles. The van der Waals surface area contributed by atoms with Crippen LogP contribution in [-0.2, 0) is 16.6 Å². The van der Waals surface area contributed by atoms with E-state index in [4.69, 9.17) is 18.9 Å². The second kappa shape index (κ2) is 10.3. The van der Waals surface area contributed by atoms with E-state index in [1.54, 1.807) is 25.3 Å². The molecule has 0 aliphatic carbocycles. The van der Waals surface area contributed by atoms with Crippen LogP contribution in [0.25, 0.3) is 5.70 Å². The SMILES string of the molecule is COc1ccc([C@H]2Oc3cc4c(cc3C(N(Cc3ccccc3)S(=O)(=O)c3ccc(C)cc3)=C2C)OCO4)cc1. The van der Waals surface area contributed by atoms with Crippen molar-refractivity contribution >= 4 is 15.7 Å². The van der Waals surface area contributed by atoms with Crippen molar-refractivity contribution < 1.29 is 27.4 Å². The maximum Gasteiger partial charge on any atom is 0.264 e. The van der Waals surface area contributed by atoms with Crippen LogP contribution in [0.1, 0.15) is 35.3 Å². The predicted octanol–water partition coefficient (Wildman–Crippen LogP) is 6.49. The Labute approximate surface area is 234 Å². The zero-order valence-electron chi connectivity index (χ0n) is 22.5. The summed E-state index contributed by atoms with van der Waals surface area (Å²) in [7, 11) is -2.38. The van der Waals surface area contributed by atoms with Crippen molar-refractivity contribution in [2.45, 2.75) is 31.4 Å². The highest BCUT2D eigenvalue weighted by atomic mass is 32.2. The number of ether oxygens (including phenoxy) is 4. The second-order valence-corrected chi connectivity index (χ2v) is 11.7. The van der Waals surface area contributed by atoms with Crippen LogP contribution in [0.5, 0.6) is 23.0 Å². The van der Waals surface area contributed by atoms with E-state index in [9.17, 15) is 8.42 Å². The Morgan fingerprint density at radius 3 is 2.20 bits per heavy atom. The summed E-state index contributed by atoms with van der Waals surface area (Å²) in [4.78, 5) is 0.212. The highest BCUT2D eigenvalue weighted by Crippen LogP contribution is 2.50. The third-order valence-electron chi connectivity index (χ3n) is 7.19. The molecule has 7 nitrogen and oxygen atoms in total. The molecule has 0 amide bonds. The van der Waals surface area contributed by atoms with Gasteiger partial charge in [-0.25, -0.2) is 8.42 Å². The minimum atomic E-state index is -3.99. The average molecular weight is 556 g/mol. The molecule has 40 heavy (non-hydrogen) atoms. The zero-order chi connectivity index (χ0) is 27.9. The molecule has 1 atom stereocenters. The van der Waals surface area contributed by atoms with Gasteiger partial charge < -0.3 is 18.9 Å². The lowest BCUT2D eigenvalue weighted by atomic mass is 9.94. The van der Waals surface area contributed by atoms with Gasteiger partial charge >= 0.3 is 0 Å². The standard InChI is InChI=1S/C32H29NO6S/c1-21-9-15-26(16-10-21)40(34,35)33(19-23-7-5-4-6-8-23)31-22(2)32(24-11-13-25(36-3)14-12-24)39-28-18-30-29(17-27(28)31)37-20-38-30/h4-18,32H,19-20H2,1-3H3/t32-/m0/s1. The first-order valence-electron chi connectivity index (χ1n) is 12.9. The first-order valence-corrected chi connectivity index (χ1v) is 14.4. The van der Waals surface area contributed by atoms with E-state index < -0.39 is 16.1 Å². The molecule has 0 aromatic heterocycles. The summed E-state index contributed by atoms with van der Waals surface area (Å²) in [6, 6.07) is 27.7. The zero-order valence-corrected chi connectivity index (χ0v) is 23.3. The summed E-state index contributed by atoms with van der Waals surface area (Å²) in [5.41, 5.74) is 4.62. The number of methoxy groups -OCH3 is 1. The van der Waals surface area contributed by atoms with Crippen LogP contribution in [-0.4, -0.2) is 26.6 Å². The Bertz CT molecular complexity index is 1680. The number of hydrogen-bond acceptors (Lipinski definition) is 6. The fourth-order valence-corrected chi connectivity index (χ4v) is 6.59. The molecule has 0 bridgehead atoms. The Hall–Kier alpha value is -4.43. The lowest BCUT2D eigenvalue weighted by molar-refractivity contribution is 0.173. The molecule has 4 aromatic rings. The summed E-state index contributed by atoms with van der Waals surface area (Å²) in [6.07, 6.45) is -0.541. The van der Waals surface area contributed by atoms with Gasteiger partial charge in [-0.1, -0.05) is 60.2 Å². The highest BCUT2D eigenvalue weighted by molar-refractivity contribution is 7.89. The fraction of sp³-hybridized carbons (Fsp3) is 0.188. The Morgan fingerprint density at radius 1 is 0.850 bits per heavy atom. The molecule has 2 aliphatic rings. The molecular weight excluding hydrogens is 526 g/mol. The number of nitrogens with zero attached hydrogens (tertiary/aromatic N) is 1. The highest BCUT2D eigenvalue weighted by Gasteiger charge is 2.37. The monoisotopic (exact) mass is 555 g/mol. The topological polar surface area (TPSA) is 74.3 Å². The Balaban J connectivity index is 1.58. The average Bonchev–Trinajstić information content (AvgIpc) is 3.43. The van der Waals surface area contributed by atoms with Gasteiger partial charge in [-0.3, -0.25) is 4.31 Å². The molecular formula is C32H29NO6S. The minimum Gasteiger partial charge on any atom is -0.497 e. The summed E-state index contributed by atoms with van der Waals surface area (Å²) >= 11 is 0.